The van der Waals surface area contributed by atoms with Gasteiger partial charge in [0.15, 0.2) is 0 Å². The van der Waals surface area contributed by atoms with Crippen molar-refractivity contribution >= 4 is 11.8 Å². The second-order valence-corrected chi connectivity index (χ2v) is 7.81. The van der Waals surface area contributed by atoms with Crippen LogP contribution in [0.25, 0.3) is 0 Å². The van der Waals surface area contributed by atoms with E-state index in [-0.39, 0.29) is 23.3 Å². The number of carbonyl (C=O) groups is 2. The Morgan fingerprint density at radius 1 is 1.17 bits per heavy atom. The number of nitrogens with one attached hydrogen (secondary N) is 1. The molecule has 7 nitrogen and oxygen atoms in total. The van der Waals surface area contributed by atoms with Crippen LogP contribution in [0.4, 0.5) is 0 Å². The van der Waals surface area contributed by atoms with Crippen LogP contribution in [0, 0.1) is 0 Å². The molecule has 0 unspecified atom stereocenters. The average Bonchev–Trinajstić information content (AvgIpc) is 2.92. The summed E-state index contributed by atoms with van der Waals surface area (Å²) in [5.41, 5.74) is 1.27. The number of aliphatic hydroxyl groups excluding tert-OH is 1. The molecule has 2 amide bonds. The smallest absolute Gasteiger partial charge is 0.257 e. The zero-order valence-corrected chi connectivity index (χ0v) is 16.9. The van der Waals surface area contributed by atoms with Crippen molar-refractivity contribution in [3.63, 3.8) is 0 Å². The first kappa shape index (κ1) is 20.9. The maximum Gasteiger partial charge on any atom is 0.257 e. The lowest BCUT2D eigenvalue weighted by molar-refractivity contribution is -0.119. The molecule has 1 aromatic heterocycles. The Balaban J connectivity index is 1.83. The van der Waals surface area contributed by atoms with Gasteiger partial charge >= 0.3 is 0 Å². The van der Waals surface area contributed by atoms with E-state index in [9.17, 15) is 14.7 Å². The highest BCUT2D eigenvalue weighted by Gasteiger charge is 2.40. The Morgan fingerprint density at radius 2 is 1.83 bits per heavy atom. The number of amides is 2. The van der Waals surface area contributed by atoms with Crippen LogP contribution in [0.5, 0.6) is 0 Å². The first-order chi connectivity index (χ1) is 13.9. The molecule has 3 rings (SSSR count). The number of rotatable bonds is 5. The van der Waals surface area contributed by atoms with E-state index in [0.29, 0.717) is 24.9 Å². The second kappa shape index (κ2) is 9.13. The lowest BCUT2D eigenvalue weighted by atomic mass is 9.74. The standard InChI is InChI=1S/C22H28N4O3/c1-16(27)25-14-22(18-6-4-3-5-7-18)10-8-19(20(28)9-11-22)26(2)21(29)17-12-23-15-24-13-17/h3-7,12-13,15,19-20,28H,8-11,14H2,1-2H3,(H,25,27)/t19-,20-,22+/m0/s1. The summed E-state index contributed by atoms with van der Waals surface area (Å²) < 4.78 is 0. The maximum absolute atomic E-state index is 12.8. The Kier molecular flexibility index (Phi) is 6.59. The number of likely N-dealkylation sites (N-methyl/N-ethyl adjacent to an activating group) is 1. The molecule has 1 aromatic carbocycles. The van der Waals surface area contributed by atoms with Crippen molar-refractivity contribution in [2.75, 3.05) is 13.6 Å². The summed E-state index contributed by atoms with van der Waals surface area (Å²) in [5, 5.41) is 13.8. The van der Waals surface area contributed by atoms with Crippen LogP contribution in [-0.4, -0.2) is 57.5 Å². The largest absolute Gasteiger partial charge is 0.391 e. The monoisotopic (exact) mass is 396 g/mol. The topological polar surface area (TPSA) is 95.4 Å². The van der Waals surface area contributed by atoms with E-state index in [1.807, 2.05) is 18.2 Å². The molecule has 1 aliphatic carbocycles. The van der Waals surface area contributed by atoms with Crippen LogP contribution in [0.15, 0.2) is 49.1 Å². The van der Waals surface area contributed by atoms with E-state index in [1.165, 1.54) is 25.6 Å². The van der Waals surface area contributed by atoms with E-state index in [4.69, 9.17) is 0 Å². The number of nitrogens with zero attached hydrogens (tertiary/aromatic N) is 3. The van der Waals surface area contributed by atoms with Crippen LogP contribution in [0.3, 0.4) is 0 Å². The molecule has 29 heavy (non-hydrogen) atoms. The summed E-state index contributed by atoms with van der Waals surface area (Å²) in [4.78, 5) is 33.9. The minimum absolute atomic E-state index is 0.0713. The van der Waals surface area contributed by atoms with Crippen LogP contribution in [-0.2, 0) is 10.2 Å². The molecule has 1 fully saturated rings. The van der Waals surface area contributed by atoms with E-state index in [1.54, 1.807) is 11.9 Å². The van der Waals surface area contributed by atoms with Gasteiger partial charge in [-0.15, -0.1) is 0 Å². The van der Waals surface area contributed by atoms with Gasteiger partial charge in [0.2, 0.25) is 5.91 Å². The summed E-state index contributed by atoms with van der Waals surface area (Å²) in [7, 11) is 1.71. The molecule has 7 heteroatoms. The van der Waals surface area contributed by atoms with E-state index < -0.39 is 6.10 Å². The van der Waals surface area contributed by atoms with E-state index >= 15 is 0 Å². The number of aliphatic hydroxyl groups is 1. The average molecular weight is 396 g/mol. The van der Waals surface area contributed by atoms with Crippen molar-refractivity contribution in [3.8, 4) is 0 Å². The van der Waals surface area contributed by atoms with E-state index in [2.05, 4.69) is 27.4 Å². The molecular formula is C22H28N4O3. The molecule has 1 saturated carbocycles. The van der Waals surface area contributed by atoms with Gasteiger partial charge in [0, 0.05) is 38.3 Å². The molecule has 2 aromatic rings. The fourth-order valence-electron chi connectivity index (χ4n) is 4.23. The van der Waals surface area contributed by atoms with Crippen molar-refractivity contribution in [3.05, 3.63) is 60.2 Å². The van der Waals surface area contributed by atoms with Gasteiger partial charge in [0.1, 0.15) is 6.33 Å². The third-order valence-corrected chi connectivity index (χ3v) is 5.97. The molecule has 0 aliphatic heterocycles. The molecule has 2 N–H and O–H groups in total. The number of hydrogen-bond acceptors (Lipinski definition) is 5. The van der Waals surface area contributed by atoms with Crippen molar-refractivity contribution in [2.24, 2.45) is 0 Å². The third-order valence-electron chi connectivity index (χ3n) is 5.97. The molecule has 154 valence electrons. The highest BCUT2D eigenvalue weighted by atomic mass is 16.3. The molecule has 1 heterocycles. The summed E-state index contributed by atoms with van der Waals surface area (Å²) >= 11 is 0. The normalized spacial score (nSPS) is 24.4. The lowest BCUT2D eigenvalue weighted by Gasteiger charge is -2.34. The lowest BCUT2D eigenvalue weighted by Crippen LogP contribution is -2.44. The zero-order chi connectivity index (χ0) is 20.9. The van der Waals surface area contributed by atoms with Crippen molar-refractivity contribution in [1.29, 1.82) is 0 Å². The second-order valence-electron chi connectivity index (χ2n) is 7.81. The molecule has 0 radical (unpaired) electrons. The van der Waals surface area contributed by atoms with Gasteiger partial charge in [-0.3, -0.25) is 9.59 Å². The minimum Gasteiger partial charge on any atom is -0.391 e. The van der Waals surface area contributed by atoms with Gasteiger partial charge in [-0.1, -0.05) is 30.3 Å². The number of hydrogen-bond donors (Lipinski definition) is 2. The van der Waals surface area contributed by atoms with Gasteiger partial charge in [0.05, 0.1) is 17.7 Å². The Hall–Kier alpha value is -2.80. The van der Waals surface area contributed by atoms with Crippen LogP contribution in [0.1, 0.15) is 48.5 Å². The summed E-state index contributed by atoms with van der Waals surface area (Å²) in [6, 6.07) is 9.79. The third kappa shape index (κ3) is 4.79. The van der Waals surface area contributed by atoms with Crippen LogP contribution in [0.2, 0.25) is 0 Å². The van der Waals surface area contributed by atoms with Gasteiger partial charge < -0.3 is 15.3 Å². The Labute approximate surface area is 171 Å². The summed E-state index contributed by atoms with van der Waals surface area (Å²) in [6.45, 7) is 2.03. The Morgan fingerprint density at radius 3 is 2.48 bits per heavy atom. The molecular weight excluding hydrogens is 368 g/mol. The molecule has 0 bridgehead atoms. The molecule has 0 saturated heterocycles. The van der Waals surface area contributed by atoms with E-state index in [0.717, 1.165) is 18.4 Å². The first-order valence-corrected chi connectivity index (χ1v) is 9.93. The van der Waals surface area contributed by atoms with Gasteiger partial charge in [-0.05, 0) is 31.2 Å². The summed E-state index contributed by atoms with van der Waals surface area (Å²) in [5.74, 6) is -0.276. The molecule has 0 spiro atoms. The number of carbonyl (C=O) groups excluding carboxylic acids is 2. The van der Waals surface area contributed by atoms with Gasteiger partial charge in [-0.2, -0.15) is 0 Å². The highest BCUT2D eigenvalue weighted by Crippen LogP contribution is 2.39. The Bertz CT molecular complexity index is 830. The number of aromatic nitrogens is 2. The van der Waals surface area contributed by atoms with Crippen LogP contribution < -0.4 is 5.32 Å². The van der Waals surface area contributed by atoms with Crippen molar-refractivity contribution in [1.82, 2.24) is 20.2 Å². The highest BCUT2D eigenvalue weighted by molar-refractivity contribution is 5.93. The van der Waals surface area contributed by atoms with Crippen LogP contribution >= 0.6 is 0 Å². The quantitative estimate of drug-likeness (QED) is 0.753. The van der Waals surface area contributed by atoms with Gasteiger partial charge in [-0.25, -0.2) is 9.97 Å². The first-order valence-electron chi connectivity index (χ1n) is 9.93. The van der Waals surface area contributed by atoms with Crippen molar-refractivity contribution < 1.29 is 14.7 Å². The van der Waals surface area contributed by atoms with Gasteiger partial charge in [0.25, 0.3) is 5.91 Å². The SMILES string of the molecule is CC(=O)NC[C@]1(c2ccccc2)CC[C@H](O)[C@@H](N(C)C(=O)c2cncnc2)CC1. The maximum atomic E-state index is 12.8. The fourth-order valence-corrected chi connectivity index (χ4v) is 4.23. The van der Waals surface area contributed by atoms with Crippen molar-refractivity contribution in [2.45, 2.75) is 50.2 Å². The fraction of sp³-hybridized carbons (Fsp3) is 0.455. The zero-order valence-electron chi connectivity index (χ0n) is 16.9. The predicted molar refractivity (Wildman–Crippen MR) is 109 cm³/mol. The summed E-state index contributed by atoms with van der Waals surface area (Å²) in [6.07, 6.45) is 6.37. The predicted octanol–water partition coefficient (Wildman–Crippen LogP) is 1.93. The number of benzene rings is 1. The molecule has 1 aliphatic rings. The molecule has 3 atom stereocenters. The minimum atomic E-state index is -0.642.